The van der Waals surface area contributed by atoms with Crippen LogP contribution in [0, 0.1) is 0 Å². The summed E-state index contributed by atoms with van der Waals surface area (Å²) in [6, 6.07) is 6.10. The number of ether oxygens (including phenoxy) is 1. The molecule has 1 fully saturated rings. The fourth-order valence-electron chi connectivity index (χ4n) is 2.99. The number of rotatable bonds is 6. The Labute approximate surface area is 145 Å². The maximum absolute atomic E-state index is 9.99. The highest BCUT2D eigenvalue weighted by molar-refractivity contribution is 6.32. The van der Waals surface area contributed by atoms with Crippen molar-refractivity contribution in [3.63, 3.8) is 0 Å². The Bertz CT molecular complexity index is 493. The van der Waals surface area contributed by atoms with E-state index in [0.717, 1.165) is 0 Å². The largest absolute Gasteiger partial charge is 0.489 e. The monoisotopic (exact) mass is 339 g/mol. The predicted octanol–water partition coefficient (Wildman–Crippen LogP) is 4.52. The van der Waals surface area contributed by atoms with Gasteiger partial charge in [0.05, 0.1) is 5.02 Å². The number of benzene rings is 1. The van der Waals surface area contributed by atoms with Crippen LogP contribution in [0.25, 0.3) is 0 Å². The molecule has 0 bridgehead atoms. The Morgan fingerprint density at radius 1 is 1.26 bits per heavy atom. The molecule has 0 radical (unpaired) electrons. The van der Waals surface area contributed by atoms with Crippen molar-refractivity contribution in [3.05, 3.63) is 28.8 Å². The second-order valence-corrected chi connectivity index (χ2v) is 8.03. The Balaban J connectivity index is 1.85. The van der Waals surface area contributed by atoms with Crippen molar-refractivity contribution in [1.29, 1.82) is 0 Å². The van der Waals surface area contributed by atoms with Gasteiger partial charge in [-0.05, 0) is 57.2 Å². The topological polar surface area (TPSA) is 41.5 Å². The number of halogens is 1. The van der Waals surface area contributed by atoms with Crippen LogP contribution in [0.4, 0.5) is 0 Å². The number of aliphatic hydroxyl groups is 1. The third-order valence-electron chi connectivity index (χ3n) is 4.33. The first-order valence-corrected chi connectivity index (χ1v) is 9.08. The summed E-state index contributed by atoms with van der Waals surface area (Å²) in [7, 11) is 0. The minimum Gasteiger partial charge on any atom is -0.489 e. The van der Waals surface area contributed by atoms with Crippen LogP contribution in [0.3, 0.4) is 0 Å². The second-order valence-electron chi connectivity index (χ2n) is 7.62. The number of β-amino-alcohol motifs (C(OH)–C–C–N with tert-alkyl or cyclic N) is 1. The SMILES string of the molecule is CC(C)(C)NC[C@@H](O)COc1ccc(C2CCCCC2)cc1Cl. The standard InChI is InChI=1S/C19H30ClNO2/c1-19(2,3)21-12-16(22)13-23-18-10-9-15(11-17(18)20)14-7-5-4-6-8-14/h9-11,14,16,21-22H,4-8,12-13H2,1-3H3/t16-/m1/s1. The third kappa shape index (κ3) is 6.33. The van der Waals surface area contributed by atoms with Crippen LogP contribution in [-0.2, 0) is 0 Å². The molecule has 1 aromatic carbocycles. The van der Waals surface area contributed by atoms with Gasteiger partial charge in [-0.2, -0.15) is 0 Å². The smallest absolute Gasteiger partial charge is 0.138 e. The van der Waals surface area contributed by atoms with Crippen molar-refractivity contribution in [2.45, 2.75) is 70.4 Å². The van der Waals surface area contributed by atoms with Gasteiger partial charge in [-0.1, -0.05) is 36.9 Å². The lowest BCUT2D eigenvalue weighted by Crippen LogP contribution is -2.42. The first kappa shape index (κ1) is 18.6. The minimum atomic E-state index is -0.552. The van der Waals surface area contributed by atoms with Gasteiger partial charge in [-0.15, -0.1) is 0 Å². The highest BCUT2D eigenvalue weighted by Gasteiger charge is 2.17. The first-order chi connectivity index (χ1) is 10.8. The highest BCUT2D eigenvalue weighted by atomic mass is 35.5. The minimum absolute atomic E-state index is 0.0136. The molecule has 1 atom stereocenters. The summed E-state index contributed by atoms with van der Waals surface area (Å²) in [5.74, 6) is 1.29. The lowest BCUT2D eigenvalue weighted by atomic mass is 9.84. The molecule has 1 aliphatic rings. The van der Waals surface area contributed by atoms with Crippen molar-refractivity contribution in [2.24, 2.45) is 0 Å². The maximum atomic E-state index is 9.99. The van der Waals surface area contributed by atoms with Crippen LogP contribution in [0.5, 0.6) is 5.75 Å². The molecule has 130 valence electrons. The molecule has 3 nitrogen and oxygen atoms in total. The first-order valence-electron chi connectivity index (χ1n) is 8.70. The quantitative estimate of drug-likeness (QED) is 0.800. The van der Waals surface area contributed by atoms with E-state index in [2.05, 4.69) is 32.2 Å². The fraction of sp³-hybridized carbons (Fsp3) is 0.684. The molecule has 1 aromatic rings. The van der Waals surface area contributed by atoms with Crippen molar-refractivity contribution in [2.75, 3.05) is 13.2 Å². The van der Waals surface area contributed by atoms with E-state index in [0.29, 0.717) is 23.2 Å². The predicted molar refractivity (Wildman–Crippen MR) is 96.5 cm³/mol. The maximum Gasteiger partial charge on any atom is 0.138 e. The summed E-state index contributed by atoms with van der Waals surface area (Å²) in [5, 5.41) is 13.9. The molecule has 0 aliphatic heterocycles. The molecule has 4 heteroatoms. The van der Waals surface area contributed by atoms with E-state index in [9.17, 15) is 5.11 Å². The van der Waals surface area contributed by atoms with Gasteiger partial charge in [-0.3, -0.25) is 0 Å². The van der Waals surface area contributed by atoms with Crippen molar-refractivity contribution >= 4 is 11.6 Å². The zero-order valence-electron chi connectivity index (χ0n) is 14.6. The lowest BCUT2D eigenvalue weighted by molar-refractivity contribution is 0.100. The molecule has 1 aliphatic carbocycles. The van der Waals surface area contributed by atoms with Gasteiger partial charge in [0, 0.05) is 12.1 Å². The van der Waals surface area contributed by atoms with Gasteiger partial charge in [-0.25, -0.2) is 0 Å². The van der Waals surface area contributed by atoms with E-state index < -0.39 is 6.10 Å². The highest BCUT2D eigenvalue weighted by Crippen LogP contribution is 2.36. The van der Waals surface area contributed by atoms with E-state index in [1.54, 1.807) is 0 Å². The Morgan fingerprint density at radius 2 is 1.96 bits per heavy atom. The summed E-state index contributed by atoms with van der Waals surface area (Å²) in [6.07, 6.45) is 5.94. The molecule has 0 unspecified atom stereocenters. The van der Waals surface area contributed by atoms with Crippen LogP contribution >= 0.6 is 11.6 Å². The van der Waals surface area contributed by atoms with Gasteiger partial charge in [0.1, 0.15) is 18.5 Å². The normalized spacial score (nSPS) is 18.0. The molecule has 0 spiro atoms. The molecule has 2 rings (SSSR count). The summed E-state index contributed by atoms with van der Waals surface area (Å²) in [4.78, 5) is 0. The summed E-state index contributed by atoms with van der Waals surface area (Å²) in [5.41, 5.74) is 1.30. The van der Waals surface area contributed by atoms with E-state index in [1.165, 1.54) is 37.7 Å². The third-order valence-corrected chi connectivity index (χ3v) is 4.63. The average Bonchev–Trinajstić information content (AvgIpc) is 2.52. The van der Waals surface area contributed by atoms with Crippen molar-refractivity contribution in [1.82, 2.24) is 5.32 Å². The van der Waals surface area contributed by atoms with E-state index in [4.69, 9.17) is 16.3 Å². The Morgan fingerprint density at radius 3 is 2.57 bits per heavy atom. The van der Waals surface area contributed by atoms with E-state index in [-0.39, 0.29) is 12.1 Å². The summed E-state index contributed by atoms with van der Waals surface area (Å²) >= 11 is 6.36. The molecule has 1 saturated carbocycles. The molecule has 0 saturated heterocycles. The molecule has 0 amide bonds. The number of hydrogen-bond acceptors (Lipinski definition) is 3. The second kappa shape index (κ2) is 8.36. The van der Waals surface area contributed by atoms with Crippen LogP contribution in [0.1, 0.15) is 64.4 Å². The average molecular weight is 340 g/mol. The molecule has 0 heterocycles. The molecule has 0 aromatic heterocycles. The Kier molecular flexibility index (Phi) is 6.75. The van der Waals surface area contributed by atoms with Crippen LogP contribution in [0.2, 0.25) is 5.02 Å². The van der Waals surface area contributed by atoms with Gasteiger partial charge < -0.3 is 15.2 Å². The summed E-state index contributed by atoms with van der Waals surface area (Å²) < 4.78 is 5.68. The van der Waals surface area contributed by atoms with E-state index >= 15 is 0 Å². The molecule has 2 N–H and O–H groups in total. The number of nitrogens with one attached hydrogen (secondary N) is 1. The molecular formula is C19H30ClNO2. The van der Waals surface area contributed by atoms with Crippen LogP contribution < -0.4 is 10.1 Å². The van der Waals surface area contributed by atoms with Gasteiger partial charge >= 0.3 is 0 Å². The van der Waals surface area contributed by atoms with Crippen molar-refractivity contribution in [3.8, 4) is 5.75 Å². The van der Waals surface area contributed by atoms with Gasteiger partial charge in [0.15, 0.2) is 0 Å². The number of aliphatic hydroxyl groups excluding tert-OH is 1. The fourth-order valence-corrected chi connectivity index (χ4v) is 3.24. The van der Waals surface area contributed by atoms with Gasteiger partial charge in [0.2, 0.25) is 0 Å². The lowest BCUT2D eigenvalue weighted by Gasteiger charge is -2.24. The molecule has 23 heavy (non-hydrogen) atoms. The van der Waals surface area contributed by atoms with Crippen LogP contribution in [0.15, 0.2) is 18.2 Å². The molecular weight excluding hydrogens is 310 g/mol. The van der Waals surface area contributed by atoms with Gasteiger partial charge in [0.25, 0.3) is 0 Å². The van der Waals surface area contributed by atoms with Crippen LogP contribution in [-0.4, -0.2) is 29.9 Å². The van der Waals surface area contributed by atoms with E-state index in [1.807, 2.05) is 12.1 Å². The Hall–Kier alpha value is -0.770. The van der Waals surface area contributed by atoms with Crippen molar-refractivity contribution < 1.29 is 9.84 Å². The number of hydrogen-bond donors (Lipinski definition) is 2. The zero-order chi connectivity index (χ0) is 16.9. The zero-order valence-corrected chi connectivity index (χ0v) is 15.3. The summed E-state index contributed by atoms with van der Waals surface area (Å²) in [6.45, 7) is 6.96.